The SMILES string of the molecule is Cc1noc(CSc2ccccc2C(=O)N2CCN(C(=O)c3ccc(C(F)(F)F)cc3)CC2)n1. The molecule has 178 valence electrons. The molecule has 2 heterocycles. The average molecular weight is 491 g/mol. The summed E-state index contributed by atoms with van der Waals surface area (Å²) in [6.07, 6.45) is -4.45. The summed E-state index contributed by atoms with van der Waals surface area (Å²) >= 11 is 1.42. The maximum absolute atomic E-state index is 13.2. The van der Waals surface area contributed by atoms with Crippen molar-refractivity contribution in [3.63, 3.8) is 0 Å². The lowest BCUT2D eigenvalue weighted by atomic mass is 10.1. The quantitative estimate of drug-likeness (QED) is 0.497. The zero-order valence-electron chi connectivity index (χ0n) is 18.2. The van der Waals surface area contributed by atoms with E-state index in [1.54, 1.807) is 28.9 Å². The molecule has 4 rings (SSSR count). The van der Waals surface area contributed by atoms with Gasteiger partial charge in [-0.25, -0.2) is 0 Å². The minimum atomic E-state index is -4.45. The van der Waals surface area contributed by atoms with Crippen molar-refractivity contribution < 1.29 is 27.3 Å². The number of amides is 2. The number of hydrogen-bond donors (Lipinski definition) is 0. The lowest BCUT2D eigenvalue weighted by Crippen LogP contribution is -2.50. The van der Waals surface area contributed by atoms with Crippen LogP contribution in [0.2, 0.25) is 0 Å². The van der Waals surface area contributed by atoms with Gasteiger partial charge in [0, 0.05) is 36.6 Å². The van der Waals surface area contributed by atoms with E-state index in [4.69, 9.17) is 4.52 Å². The molecule has 1 fully saturated rings. The molecule has 1 saturated heterocycles. The van der Waals surface area contributed by atoms with Gasteiger partial charge < -0.3 is 14.3 Å². The zero-order chi connectivity index (χ0) is 24.3. The second kappa shape index (κ2) is 9.88. The summed E-state index contributed by atoms with van der Waals surface area (Å²) in [6, 6.07) is 11.4. The van der Waals surface area contributed by atoms with Crippen molar-refractivity contribution in [3.05, 3.63) is 76.9 Å². The van der Waals surface area contributed by atoms with Crippen molar-refractivity contribution in [2.75, 3.05) is 26.2 Å². The third-order valence-corrected chi connectivity index (χ3v) is 6.41. The molecule has 0 atom stereocenters. The summed E-state index contributed by atoms with van der Waals surface area (Å²) in [5, 5.41) is 3.76. The normalized spacial score (nSPS) is 14.4. The number of benzene rings is 2. The first-order valence-corrected chi connectivity index (χ1v) is 11.5. The molecule has 3 aromatic rings. The van der Waals surface area contributed by atoms with Crippen LogP contribution in [0.15, 0.2) is 57.9 Å². The van der Waals surface area contributed by atoms with Gasteiger partial charge in [-0.1, -0.05) is 17.3 Å². The number of nitrogens with zero attached hydrogens (tertiary/aromatic N) is 4. The Morgan fingerprint density at radius 2 is 1.59 bits per heavy atom. The lowest BCUT2D eigenvalue weighted by molar-refractivity contribution is -0.137. The van der Waals surface area contributed by atoms with E-state index < -0.39 is 11.7 Å². The van der Waals surface area contributed by atoms with Crippen LogP contribution in [0.3, 0.4) is 0 Å². The van der Waals surface area contributed by atoms with Crippen molar-refractivity contribution >= 4 is 23.6 Å². The number of piperazine rings is 1. The van der Waals surface area contributed by atoms with Gasteiger partial charge in [0.15, 0.2) is 5.82 Å². The number of halogens is 3. The molecular weight excluding hydrogens is 469 g/mol. The van der Waals surface area contributed by atoms with Crippen molar-refractivity contribution in [1.29, 1.82) is 0 Å². The molecule has 1 aliphatic heterocycles. The van der Waals surface area contributed by atoms with E-state index in [1.807, 2.05) is 12.1 Å². The average Bonchev–Trinajstić information content (AvgIpc) is 3.26. The molecule has 11 heteroatoms. The van der Waals surface area contributed by atoms with Crippen molar-refractivity contribution in [3.8, 4) is 0 Å². The number of aromatic nitrogens is 2. The maximum atomic E-state index is 13.2. The summed E-state index contributed by atoms with van der Waals surface area (Å²) in [5.74, 6) is 0.947. The highest BCUT2D eigenvalue weighted by atomic mass is 32.2. The van der Waals surface area contributed by atoms with Gasteiger partial charge in [-0.2, -0.15) is 18.2 Å². The Morgan fingerprint density at radius 1 is 0.971 bits per heavy atom. The molecule has 7 nitrogen and oxygen atoms in total. The number of hydrogen-bond acceptors (Lipinski definition) is 6. The first-order chi connectivity index (χ1) is 16.2. The molecule has 0 aliphatic carbocycles. The predicted molar refractivity (Wildman–Crippen MR) is 118 cm³/mol. The number of carbonyl (C=O) groups is 2. The number of aryl methyl sites for hydroxylation is 1. The van der Waals surface area contributed by atoms with Gasteiger partial charge >= 0.3 is 6.18 Å². The third-order valence-electron chi connectivity index (χ3n) is 5.35. The third kappa shape index (κ3) is 5.41. The van der Waals surface area contributed by atoms with Crippen molar-refractivity contribution in [1.82, 2.24) is 19.9 Å². The highest BCUT2D eigenvalue weighted by molar-refractivity contribution is 7.98. The molecule has 0 bridgehead atoms. The predicted octanol–water partition coefficient (Wildman–Crippen LogP) is 4.29. The molecule has 2 aromatic carbocycles. The van der Waals surface area contributed by atoms with Crippen LogP contribution in [-0.4, -0.2) is 57.9 Å². The van der Waals surface area contributed by atoms with Crippen LogP contribution in [-0.2, 0) is 11.9 Å². The summed E-state index contributed by atoms with van der Waals surface area (Å²) in [7, 11) is 0. The second-order valence-electron chi connectivity index (χ2n) is 7.68. The van der Waals surface area contributed by atoms with Gasteiger partial charge in [-0.3, -0.25) is 9.59 Å². The number of rotatable bonds is 5. The molecule has 0 radical (unpaired) electrons. The first-order valence-electron chi connectivity index (χ1n) is 10.5. The molecule has 34 heavy (non-hydrogen) atoms. The fourth-order valence-corrected chi connectivity index (χ4v) is 4.46. The van der Waals surface area contributed by atoms with Gasteiger partial charge in [0.2, 0.25) is 5.89 Å². The highest BCUT2D eigenvalue weighted by Gasteiger charge is 2.31. The maximum Gasteiger partial charge on any atom is 0.416 e. The molecule has 1 aromatic heterocycles. The van der Waals surface area contributed by atoms with E-state index in [0.717, 1.165) is 17.0 Å². The van der Waals surface area contributed by atoms with Crippen LogP contribution in [0.4, 0.5) is 13.2 Å². The minimum absolute atomic E-state index is 0.147. The first kappa shape index (κ1) is 23.8. The molecule has 0 N–H and O–H groups in total. The van der Waals surface area contributed by atoms with Crippen LogP contribution < -0.4 is 0 Å². The number of carbonyl (C=O) groups excluding carboxylic acids is 2. The monoisotopic (exact) mass is 490 g/mol. The van der Waals surface area contributed by atoms with Crippen LogP contribution in [0.25, 0.3) is 0 Å². The fourth-order valence-electron chi connectivity index (χ4n) is 3.57. The Bertz CT molecular complexity index is 1170. The van der Waals surface area contributed by atoms with E-state index >= 15 is 0 Å². The molecule has 2 amide bonds. The van der Waals surface area contributed by atoms with Crippen LogP contribution in [0, 0.1) is 6.92 Å². The Morgan fingerprint density at radius 3 is 2.18 bits per heavy atom. The summed E-state index contributed by atoms with van der Waals surface area (Å²) < 4.78 is 43.4. The minimum Gasteiger partial charge on any atom is -0.338 e. The van der Waals surface area contributed by atoms with Gasteiger partial charge in [-0.05, 0) is 43.3 Å². The van der Waals surface area contributed by atoms with E-state index in [1.165, 1.54) is 23.9 Å². The lowest BCUT2D eigenvalue weighted by Gasteiger charge is -2.35. The Labute approximate surface area is 197 Å². The van der Waals surface area contributed by atoms with Crippen molar-refractivity contribution in [2.45, 2.75) is 23.7 Å². The van der Waals surface area contributed by atoms with Crippen LogP contribution >= 0.6 is 11.8 Å². The standard InChI is InChI=1S/C23H21F3N4O3S/c1-15-27-20(33-28-15)14-34-19-5-3-2-4-18(19)22(32)30-12-10-29(11-13-30)21(31)16-6-8-17(9-7-16)23(24,25)26/h2-9H,10-14H2,1H3. The fraction of sp³-hybridized carbons (Fsp3) is 0.304. The van der Waals surface area contributed by atoms with Crippen LogP contribution in [0.1, 0.15) is 38.0 Å². The second-order valence-corrected chi connectivity index (χ2v) is 8.70. The highest BCUT2D eigenvalue weighted by Crippen LogP contribution is 2.30. The number of thioether (sulfide) groups is 1. The van der Waals surface area contributed by atoms with E-state index in [2.05, 4.69) is 10.1 Å². The van der Waals surface area contributed by atoms with Gasteiger partial charge in [0.05, 0.1) is 16.9 Å². The number of alkyl halides is 3. The Kier molecular flexibility index (Phi) is 6.92. The van der Waals surface area contributed by atoms with Crippen molar-refractivity contribution in [2.24, 2.45) is 0 Å². The zero-order valence-corrected chi connectivity index (χ0v) is 19.0. The molecule has 0 spiro atoms. The van der Waals surface area contributed by atoms with E-state index in [0.29, 0.717) is 49.2 Å². The Hall–Kier alpha value is -3.34. The molecule has 0 unspecified atom stereocenters. The summed E-state index contributed by atoms with van der Waals surface area (Å²) in [6.45, 7) is 2.97. The van der Waals surface area contributed by atoms with Gasteiger partial charge in [-0.15, -0.1) is 11.8 Å². The molecular formula is C23H21F3N4O3S. The van der Waals surface area contributed by atoms with E-state index in [-0.39, 0.29) is 17.4 Å². The van der Waals surface area contributed by atoms with Gasteiger partial charge in [0.25, 0.3) is 11.8 Å². The van der Waals surface area contributed by atoms with Crippen LogP contribution in [0.5, 0.6) is 0 Å². The molecule has 1 aliphatic rings. The Balaban J connectivity index is 1.37. The van der Waals surface area contributed by atoms with Gasteiger partial charge in [0.1, 0.15) is 0 Å². The summed E-state index contributed by atoms with van der Waals surface area (Å²) in [4.78, 5) is 34.0. The van der Waals surface area contributed by atoms with E-state index in [9.17, 15) is 22.8 Å². The largest absolute Gasteiger partial charge is 0.416 e. The topological polar surface area (TPSA) is 79.5 Å². The molecule has 0 saturated carbocycles. The summed E-state index contributed by atoms with van der Waals surface area (Å²) in [5.41, 5.74) is -0.0673. The smallest absolute Gasteiger partial charge is 0.338 e.